The zero-order valence-electron chi connectivity index (χ0n) is 15.7. The number of alkyl halides is 6. The van der Waals surface area contributed by atoms with E-state index in [0.717, 1.165) is 36.5 Å². The first-order valence-electron chi connectivity index (χ1n) is 8.85. The maximum atomic E-state index is 14.8. The summed E-state index contributed by atoms with van der Waals surface area (Å²) in [5.41, 5.74) is -1.98. The number of rotatable bonds is 2. The number of aryl methyl sites for hydroxylation is 1. The predicted molar refractivity (Wildman–Crippen MR) is 99.5 cm³/mol. The van der Waals surface area contributed by atoms with Crippen molar-refractivity contribution >= 4 is 11.0 Å². The summed E-state index contributed by atoms with van der Waals surface area (Å²) >= 11 is 0. The minimum absolute atomic E-state index is 0.0430. The van der Waals surface area contributed by atoms with Gasteiger partial charge in [0.2, 0.25) is 0 Å². The molecule has 2 aromatic heterocycles. The number of aromatic nitrogens is 3. The Balaban J connectivity index is 1.80. The summed E-state index contributed by atoms with van der Waals surface area (Å²) in [5.74, 6) is -0.942. The predicted octanol–water partition coefficient (Wildman–Crippen LogP) is 6.78. The molecule has 4 aromatic rings. The molecule has 160 valence electrons. The van der Waals surface area contributed by atoms with Crippen LogP contribution in [0.25, 0.3) is 33.7 Å². The van der Waals surface area contributed by atoms with Crippen molar-refractivity contribution in [3.05, 3.63) is 71.2 Å². The maximum Gasteiger partial charge on any atom is 0.418 e. The van der Waals surface area contributed by atoms with Crippen molar-refractivity contribution in [1.82, 2.24) is 15.0 Å². The molecule has 0 aliphatic heterocycles. The van der Waals surface area contributed by atoms with E-state index in [9.17, 15) is 30.7 Å². The number of aromatic amines is 1. The molecule has 10 heteroatoms. The second kappa shape index (κ2) is 7.07. The SMILES string of the molecule is Cc1cc(C(F)(F)F)cc2[nH]c(-c3ccc(-c4ncccc4C(F)(F)F)cc3F)nc12. The fourth-order valence-corrected chi connectivity index (χ4v) is 3.30. The molecule has 0 saturated heterocycles. The van der Waals surface area contributed by atoms with Gasteiger partial charge in [-0.3, -0.25) is 4.98 Å². The van der Waals surface area contributed by atoms with E-state index in [1.165, 1.54) is 19.1 Å². The highest BCUT2D eigenvalue weighted by molar-refractivity contribution is 5.83. The lowest BCUT2D eigenvalue weighted by Crippen LogP contribution is -2.08. The van der Waals surface area contributed by atoms with E-state index < -0.39 is 35.0 Å². The Hall–Kier alpha value is -3.43. The molecule has 1 N–H and O–H groups in total. The fourth-order valence-electron chi connectivity index (χ4n) is 3.30. The number of hydrogen-bond donors (Lipinski definition) is 1. The van der Waals surface area contributed by atoms with Gasteiger partial charge in [0.15, 0.2) is 0 Å². The number of fused-ring (bicyclic) bond motifs is 1. The zero-order chi connectivity index (χ0) is 22.6. The van der Waals surface area contributed by atoms with Crippen LogP contribution in [0.15, 0.2) is 48.7 Å². The Morgan fingerprint density at radius 3 is 2.29 bits per heavy atom. The number of halogens is 7. The minimum Gasteiger partial charge on any atom is -0.338 e. The van der Waals surface area contributed by atoms with Gasteiger partial charge in [-0.05, 0) is 48.9 Å². The molecule has 0 aliphatic rings. The molecule has 31 heavy (non-hydrogen) atoms. The number of imidazole rings is 1. The molecule has 0 atom stereocenters. The molecule has 0 unspecified atom stereocenters. The highest BCUT2D eigenvalue weighted by Gasteiger charge is 2.34. The van der Waals surface area contributed by atoms with Gasteiger partial charge in [0.05, 0.1) is 33.4 Å². The first kappa shape index (κ1) is 20.8. The maximum absolute atomic E-state index is 14.8. The van der Waals surface area contributed by atoms with Gasteiger partial charge >= 0.3 is 12.4 Å². The molecule has 0 amide bonds. The average Bonchev–Trinajstić information content (AvgIpc) is 3.11. The van der Waals surface area contributed by atoms with Crippen molar-refractivity contribution in [2.75, 3.05) is 0 Å². The van der Waals surface area contributed by atoms with Gasteiger partial charge in [0.1, 0.15) is 11.6 Å². The van der Waals surface area contributed by atoms with Crippen LogP contribution in [0.3, 0.4) is 0 Å². The second-order valence-corrected chi connectivity index (χ2v) is 6.86. The van der Waals surface area contributed by atoms with Crippen LogP contribution in [0.2, 0.25) is 0 Å². The standard InChI is InChI=1S/C21H12F7N3/c1-10-7-12(20(23,24)25)9-16-17(10)31-19(30-16)13-5-4-11(8-15(13)22)18-14(21(26,27)28)3-2-6-29-18/h2-9H,1H3,(H,30,31). The normalized spacial score (nSPS) is 12.5. The van der Waals surface area contributed by atoms with E-state index in [0.29, 0.717) is 0 Å². The largest absolute Gasteiger partial charge is 0.418 e. The van der Waals surface area contributed by atoms with E-state index in [2.05, 4.69) is 15.0 Å². The third-order valence-corrected chi connectivity index (χ3v) is 4.72. The molecule has 0 saturated carbocycles. The summed E-state index contributed by atoms with van der Waals surface area (Å²) in [6.45, 7) is 1.45. The van der Waals surface area contributed by atoms with E-state index in [1.807, 2.05) is 0 Å². The number of benzene rings is 2. The number of H-pyrrole nitrogens is 1. The van der Waals surface area contributed by atoms with Crippen molar-refractivity contribution in [1.29, 1.82) is 0 Å². The van der Waals surface area contributed by atoms with E-state index >= 15 is 0 Å². The van der Waals surface area contributed by atoms with Crippen LogP contribution in [-0.4, -0.2) is 15.0 Å². The Labute approximate surface area is 170 Å². The number of hydrogen-bond acceptors (Lipinski definition) is 2. The molecule has 2 heterocycles. The van der Waals surface area contributed by atoms with Gasteiger partial charge in [0, 0.05) is 11.8 Å². The van der Waals surface area contributed by atoms with E-state index in [4.69, 9.17) is 0 Å². The molecule has 0 aliphatic carbocycles. The van der Waals surface area contributed by atoms with Crippen molar-refractivity contribution in [2.24, 2.45) is 0 Å². The van der Waals surface area contributed by atoms with Gasteiger partial charge in [-0.2, -0.15) is 26.3 Å². The van der Waals surface area contributed by atoms with Gasteiger partial charge in [-0.15, -0.1) is 0 Å². The van der Waals surface area contributed by atoms with Gasteiger partial charge in [-0.25, -0.2) is 9.37 Å². The number of nitrogens with zero attached hydrogens (tertiary/aromatic N) is 2. The molecule has 4 rings (SSSR count). The second-order valence-electron chi connectivity index (χ2n) is 6.86. The van der Waals surface area contributed by atoms with Crippen LogP contribution in [0, 0.1) is 12.7 Å². The monoisotopic (exact) mass is 439 g/mol. The Bertz CT molecular complexity index is 1290. The van der Waals surface area contributed by atoms with Gasteiger partial charge in [0.25, 0.3) is 0 Å². The summed E-state index contributed by atoms with van der Waals surface area (Å²) in [5, 5.41) is 0. The van der Waals surface area contributed by atoms with Crippen molar-refractivity contribution in [2.45, 2.75) is 19.3 Å². The van der Waals surface area contributed by atoms with Crippen molar-refractivity contribution < 1.29 is 30.7 Å². The van der Waals surface area contributed by atoms with Crippen molar-refractivity contribution in [3.8, 4) is 22.6 Å². The highest BCUT2D eigenvalue weighted by atomic mass is 19.4. The van der Waals surface area contributed by atoms with Crippen LogP contribution in [0.5, 0.6) is 0 Å². The first-order chi connectivity index (χ1) is 14.4. The molecule has 3 nitrogen and oxygen atoms in total. The number of pyridine rings is 1. The molecule has 2 aromatic carbocycles. The summed E-state index contributed by atoms with van der Waals surface area (Å²) < 4.78 is 93.6. The highest BCUT2D eigenvalue weighted by Crippen LogP contribution is 2.37. The molecule has 0 bridgehead atoms. The summed E-state index contributed by atoms with van der Waals surface area (Å²) in [4.78, 5) is 10.5. The Kier molecular flexibility index (Phi) is 4.75. The summed E-state index contributed by atoms with van der Waals surface area (Å²) in [6.07, 6.45) is -8.07. The first-order valence-corrected chi connectivity index (χ1v) is 8.85. The quantitative estimate of drug-likeness (QED) is 0.350. The third kappa shape index (κ3) is 3.85. The van der Waals surface area contributed by atoms with Crippen molar-refractivity contribution in [3.63, 3.8) is 0 Å². The van der Waals surface area contributed by atoms with Gasteiger partial charge < -0.3 is 4.98 Å². The van der Waals surface area contributed by atoms with Crippen LogP contribution < -0.4 is 0 Å². The Morgan fingerprint density at radius 1 is 0.903 bits per heavy atom. The lowest BCUT2D eigenvalue weighted by atomic mass is 10.0. The smallest absolute Gasteiger partial charge is 0.338 e. The van der Waals surface area contributed by atoms with Crippen LogP contribution in [-0.2, 0) is 12.4 Å². The van der Waals surface area contributed by atoms with Crippen LogP contribution in [0.1, 0.15) is 16.7 Å². The Morgan fingerprint density at radius 2 is 1.65 bits per heavy atom. The lowest BCUT2D eigenvalue weighted by Gasteiger charge is -2.12. The molecular weight excluding hydrogens is 427 g/mol. The molecule has 0 spiro atoms. The zero-order valence-corrected chi connectivity index (χ0v) is 15.7. The summed E-state index contributed by atoms with van der Waals surface area (Å²) in [7, 11) is 0. The average molecular weight is 439 g/mol. The minimum atomic E-state index is -4.68. The molecule has 0 fully saturated rings. The van der Waals surface area contributed by atoms with Crippen LogP contribution >= 0.6 is 0 Å². The molecule has 0 radical (unpaired) electrons. The van der Waals surface area contributed by atoms with E-state index in [-0.39, 0.29) is 33.5 Å². The third-order valence-electron chi connectivity index (χ3n) is 4.72. The van der Waals surface area contributed by atoms with Gasteiger partial charge in [-0.1, -0.05) is 6.07 Å². The summed E-state index contributed by atoms with van der Waals surface area (Å²) in [6, 6.07) is 7.11. The van der Waals surface area contributed by atoms with E-state index in [1.54, 1.807) is 0 Å². The topological polar surface area (TPSA) is 41.6 Å². The van der Waals surface area contributed by atoms with Crippen LogP contribution in [0.4, 0.5) is 30.7 Å². The number of nitrogens with one attached hydrogen (secondary N) is 1. The molecular formula is C21H12F7N3. The lowest BCUT2D eigenvalue weighted by molar-refractivity contribution is -0.138. The fraction of sp³-hybridized carbons (Fsp3) is 0.143.